The van der Waals surface area contributed by atoms with Gasteiger partial charge in [-0.15, -0.1) is 0 Å². The summed E-state index contributed by atoms with van der Waals surface area (Å²) < 4.78 is 28.9. The maximum atomic E-state index is 13.0. The van der Waals surface area contributed by atoms with Crippen LogP contribution in [0.5, 0.6) is 0 Å². The highest BCUT2D eigenvalue weighted by Gasteiger charge is 2.40. The van der Waals surface area contributed by atoms with E-state index in [1.54, 1.807) is 49.0 Å². The van der Waals surface area contributed by atoms with E-state index in [9.17, 15) is 13.8 Å². The van der Waals surface area contributed by atoms with Crippen molar-refractivity contribution in [3.63, 3.8) is 0 Å². The molecule has 0 saturated heterocycles. The summed E-state index contributed by atoms with van der Waals surface area (Å²) in [6.45, 7) is 3.51. The number of carbonyl (C=O) groups is 2. The van der Waals surface area contributed by atoms with E-state index in [4.69, 9.17) is 18.8 Å². The molecule has 0 radical (unpaired) electrons. The molecule has 1 atom stereocenters. The fourth-order valence-corrected chi connectivity index (χ4v) is 4.97. The van der Waals surface area contributed by atoms with Crippen LogP contribution in [0.2, 0.25) is 0 Å². The van der Waals surface area contributed by atoms with Gasteiger partial charge in [0.25, 0.3) is 0 Å². The first kappa shape index (κ1) is 26.1. The molecule has 3 aromatic rings. The van der Waals surface area contributed by atoms with Gasteiger partial charge in [0.05, 0.1) is 54.7 Å². The number of nitrogens with zero attached hydrogens (tertiary/aromatic N) is 2. The van der Waals surface area contributed by atoms with Crippen molar-refractivity contribution in [3.8, 4) is 16.9 Å². The minimum absolute atomic E-state index is 0.277. The lowest BCUT2D eigenvalue weighted by molar-refractivity contribution is -0.137. The first-order valence-corrected chi connectivity index (χ1v) is 12.4. The predicted molar refractivity (Wildman–Crippen MR) is 138 cm³/mol. The second-order valence-corrected chi connectivity index (χ2v) is 9.53. The van der Waals surface area contributed by atoms with Crippen LogP contribution in [0.25, 0.3) is 16.9 Å². The zero-order valence-corrected chi connectivity index (χ0v) is 21.9. The first-order valence-electron chi connectivity index (χ1n) is 11.4. The molecule has 0 fully saturated rings. The third-order valence-electron chi connectivity index (χ3n) is 6.12. The van der Waals surface area contributed by atoms with Gasteiger partial charge in [-0.2, -0.15) is 5.10 Å². The largest absolute Gasteiger partial charge is 0.466 e. The molecule has 192 valence electrons. The van der Waals surface area contributed by atoms with Crippen LogP contribution in [0.1, 0.15) is 25.3 Å². The first-order chi connectivity index (χ1) is 17.8. The van der Waals surface area contributed by atoms with Crippen molar-refractivity contribution in [2.45, 2.75) is 24.7 Å². The fourth-order valence-electron chi connectivity index (χ4n) is 4.42. The third kappa shape index (κ3) is 4.98. The number of aromatic nitrogens is 2. The Balaban J connectivity index is 2.00. The van der Waals surface area contributed by atoms with Gasteiger partial charge in [-0.1, -0.05) is 30.3 Å². The van der Waals surface area contributed by atoms with E-state index in [1.807, 2.05) is 30.3 Å². The van der Waals surface area contributed by atoms with Gasteiger partial charge < -0.3 is 14.8 Å². The SMILES string of the molecule is COC(=O)C1=C(C)NC(C)=C(C(=O)OC)C1c1cn(-c2ccccc2)nc1-c1ccc(S(=O)OC)cc1. The Morgan fingerprint density at radius 1 is 0.892 bits per heavy atom. The maximum Gasteiger partial charge on any atom is 0.336 e. The zero-order chi connectivity index (χ0) is 26.7. The zero-order valence-electron chi connectivity index (χ0n) is 21.1. The number of hydrogen-bond donors (Lipinski definition) is 1. The second kappa shape index (κ2) is 10.9. The molecule has 0 saturated carbocycles. The molecule has 9 nitrogen and oxygen atoms in total. The normalized spacial score (nSPS) is 14.8. The summed E-state index contributed by atoms with van der Waals surface area (Å²) in [4.78, 5) is 26.6. The van der Waals surface area contributed by atoms with Crippen molar-refractivity contribution in [2.24, 2.45) is 0 Å². The minimum atomic E-state index is -1.60. The summed E-state index contributed by atoms with van der Waals surface area (Å²) in [7, 11) is 3.96. The molecule has 1 aliphatic heterocycles. The van der Waals surface area contributed by atoms with E-state index >= 15 is 0 Å². The van der Waals surface area contributed by atoms with Gasteiger partial charge in [0, 0.05) is 28.7 Å². The van der Waals surface area contributed by atoms with E-state index in [2.05, 4.69) is 5.32 Å². The lowest BCUT2D eigenvalue weighted by Crippen LogP contribution is -2.32. The van der Waals surface area contributed by atoms with Crippen LogP contribution >= 0.6 is 0 Å². The Morgan fingerprint density at radius 3 is 1.97 bits per heavy atom. The molecular formula is C27H27N3O6S. The maximum absolute atomic E-state index is 13.0. The molecule has 1 N–H and O–H groups in total. The van der Waals surface area contributed by atoms with E-state index in [-0.39, 0.29) is 11.1 Å². The number of methoxy groups -OCH3 is 2. The van der Waals surface area contributed by atoms with E-state index in [0.29, 0.717) is 33.1 Å². The van der Waals surface area contributed by atoms with Crippen molar-refractivity contribution in [2.75, 3.05) is 21.3 Å². The van der Waals surface area contributed by atoms with Crippen LogP contribution < -0.4 is 5.32 Å². The van der Waals surface area contributed by atoms with Crippen molar-refractivity contribution in [1.29, 1.82) is 0 Å². The van der Waals surface area contributed by atoms with Gasteiger partial charge in [-0.3, -0.25) is 4.18 Å². The Kier molecular flexibility index (Phi) is 7.70. The lowest BCUT2D eigenvalue weighted by Gasteiger charge is -2.29. The topological polar surface area (TPSA) is 109 Å². The van der Waals surface area contributed by atoms with Crippen LogP contribution in [0.15, 0.2) is 88.2 Å². The Labute approximate surface area is 217 Å². The summed E-state index contributed by atoms with van der Waals surface area (Å²) in [5.74, 6) is -1.97. The number of dihydropyridines is 1. The van der Waals surface area contributed by atoms with Crippen molar-refractivity contribution in [1.82, 2.24) is 15.1 Å². The molecule has 0 amide bonds. The summed E-state index contributed by atoms with van der Waals surface area (Å²) in [6.07, 6.45) is 1.80. The van der Waals surface area contributed by atoms with E-state index in [1.165, 1.54) is 21.3 Å². The van der Waals surface area contributed by atoms with Crippen LogP contribution in [0, 0.1) is 0 Å². The Hall–Kier alpha value is -4.02. The number of carbonyl (C=O) groups excluding carboxylic acids is 2. The molecule has 1 aliphatic rings. The van der Waals surface area contributed by atoms with Crippen molar-refractivity contribution >= 4 is 23.0 Å². The van der Waals surface area contributed by atoms with Crippen LogP contribution in [-0.2, 0) is 34.3 Å². The molecule has 37 heavy (non-hydrogen) atoms. The highest BCUT2D eigenvalue weighted by Crippen LogP contribution is 2.43. The Bertz CT molecular complexity index is 1390. The van der Waals surface area contributed by atoms with Crippen molar-refractivity contribution in [3.05, 3.63) is 88.9 Å². The molecule has 0 spiro atoms. The van der Waals surface area contributed by atoms with Gasteiger partial charge in [0.2, 0.25) is 0 Å². The van der Waals surface area contributed by atoms with Crippen molar-refractivity contribution < 1.29 is 27.5 Å². The number of rotatable bonds is 7. The number of ether oxygens (including phenoxy) is 2. The summed E-state index contributed by atoms with van der Waals surface area (Å²) >= 11 is -1.60. The average molecular weight is 522 g/mol. The predicted octanol–water partition coefficient (Wildman–Crippen LogP) is 3.79. The molecule has 1 aromatic heterocycles. The second-order valence-electron chi connectivity index (χ2n) is 8.26. The number of esters is 2. The number of hydrogen-bond acceptors (Lipinski definition) is 8. The molecule has 1 unspecified atom stereocenters. The molecular weight excluding hydrogens is 494 g/mol. The van der Waals surface area contributed by atoms with E-state index in [0.717, 1.165) is 5.69 Å². The molecule has 10 heteroatoms. The number of benzene rings is 2. The smallest absolute Gasteiger partial charge is 0.336 e. The van der Waals surface area contributed by atoms with Crippen LogP contribution in [0.3, 0.4) is 0 Å². The van der Waals surface area contributed by atoms with Gasteiger partial charge in [-0.25, -0.2) is 18.5 Å². The van der Waals surface area contributed by atoms with E-state index < -0.39 is 28.9 Å². The Morgan fingerprint density at radius 2 is 1.46 bits per heavy atom. The molecule has 0 bridgehead atoms. The molecule has 4 rings (SSSR count). The summed E-state index contributed by atoms with van der Waals surface area (Å²) in [5.41, 5.74) is 4.31. The van der Waals surface area contributed by atoms with Gasteiger partial charge in [0.1, 0.15) is 0 Å². The van der Waals surface area contributed by atoms with Gasteiger partial charge in [0.15, 0.2) is 11.1 Å². The van der Waals surface area contributed by atoms with Gasteiger partial charge >= 0.3 is 11.9 Å². The number of nitrogens with one attached hydrogen (secondary N) is 1. The molecule has 2 aromatic carbocycles. The standard InChI is InChI=1S/C27H27N3O6S/c1-16-22(26(31)34-3)24(23(17(2)28-16)27(32)35-4)21-15-30(19-9-7-6-8-10-19)29-25(21)18-11-13-20(14-12-18)37(33)36-5/h6-15,24,28H,1-5H3. The summed E-state index contributed by atoms with van der Waals surface area (Å²) in [5, 5.41) is 7.97. The quantitative estimate of drug-likeness (QED) is 0.468. The average Bonchev–Trinajstić information content (AvgIpc) is 3.37. The number of allylic oxidation sites excluding steroid dienone is 2. The summed E-state index contributed by atoms with van der Waals surface area (Å²) in [6, 6.07) is 16.4. The highest BCUT2D eigenvalue weighted by atomic mass is 32.2. The fraction of sp³-hybridized carbons (Fsp3) is 0.222. The van der Waals surface area contributed by atoms with Crippen LogP contribution in [0.4, 0.5) is 0 Å². The molecule has 2 heterocycles. The van der Waals surface area contributed by atoms with Gasteiger partial charge in [-0.05, 0) is 38.1 Å². The highest BCUT2D eigenvalue weighted by molar-refractivity contribution is 7.80. The van der Waals surface area contributed by atoms with Crippen LogP contribution in [-0.4, -0.2) is 47.3 Å². The molecule has 0 aliphatic carbocycles. The third-order valence-corrected chi connectivity index (χ3v) is 7.08. The monoisotopic (exact) mass is 521 g/mol. The number of para-hydroxylation sites is 1. The minimum Gasteiger partial charge on any atom is -0.466 e. The lowest BCUT2D eigenvalue weighted by atomic mass is 9.79.